The molecule has 0 aromatic heterocycles. The number of rotatable bonds is 3. The molecule has 1 amide bonds. The molecule has 2 aromatic carbocycles. The minimum absolute atomic E-state index is 0.106. The molecule has 0 saturated heterocycles. The van der Waals surface area contributed by atoms with Gasteiger partial charge in [-0.15, -0.1) is 0 Å². The Kier molecular flexibility index (Phi) is 5.46. The van der Waals surface area contributed by atoms with Gasteiger partial charge < -0.3 is 5.32 Å². The Bertz CT molecular complexity index is 648. The molecule has 2 rings (SSSR count). The number of hydrogen-bond acceptors (Lipinski definition) is 1. The van der Waals surface area contributed by atoms with Crippen molar-refractivity contribution < 1.29 is 4.79 Å². The lowest BCUT2D eigenvalue weighted by molar-refractivity contribution is 0.0939. The second kappa shape index (κ2) is 6.91. The van der Waals surface area contributed by atoms with Crippen LogP contribution < -0.4 is 5.32 Å². The zero-order chi connectivity index (χ0) is 14.7. The van der Waals surface area contributed by atoms with E-state index in [1.165, 1.54) is 0 Å². The van der Waals surface area contributed by atoms with E-state index < -0.39 is 0 Å². The van der Waals surface area contributed by atoms with Gasteiger partial charge in [0.25, 0.3) is 5.91 Å². The van der Waals surface area contributed by atoms with Gasteiger partial charge in [0.05, 0.1) is 11.6 Å². The fraction of sp³-hybridized carbons (Fsp3) is 0.133. The maximum absolute atomic E-state index is 12.3. The molecule has 0 heterocycles. The van der Waals surface area contributed by atoms with E-state index in [9.17, 15) is 4.79 Å². The second-order valence-electron chi connectivity index (χ2n) is 4.37. The first-order valence-electron chi connectivity index (χ1n) is 5.99. The summed E-state index contributed by atoms with van der Waals surface area (Å²) in [6.45, 7) is 1.94. The Morgan fingerprint density at radius 3 is 2.75 bits per heavy atom. The maximum Gasteiger partial charge on any atom is 0.252 e. The first-order valence-corrected chi connectivity index (χ1v) is 8.23. The second-order valence-corrected chi connectivity index (χ2v) is 6.91. The van der Waals surface area contributed by atoms with Crippen molar-refractivity contribution in [3.05, 3.63) is 66.7 Å². The van der Waals surface area contributed by atoms with Gasteiger partial charge in [-0.05, 0) is 81.3 Å². The molecule has 0 fully saturated rings. The minimum Gasteiger partial charge on any atom is -0.345 e. The SMILES string of the molecule is CC(NC(=O)c1cc(I)ccc1Br)c1cccc(Cl)c1. The molecule has 0 aliphatic rings. The highest BCUT2D eigenvalue weighted by atomic mass is 127. The molecular formula is C15H12BrClINO. The number of carbonyl (C=O) groups is 1. The van der Waals surface area contributed by atoms with Crippen LogP contribution in [0.3, 0.4) is 0 Å². The van der Waals surface area contributed by atoms with Gasteiger partial charge in [-0.1, -0.05) is 23.7 Å². The summed E-state index contributed by atoms with van der Waals surface area (Å²) in [6, 6.07) is 13.1. The predicted molar refractivity (Wildman–Crippen MR) is 94.2 cm³/mol. The lowest BCUT2D eigenvalue weighted by Crippen LogP contribution is -2.27. The topological polar surface area (TPSA) is 29.1 Å². The smallest absolute Gasteiger partial charge is 0.252 e. The van der Waals surface area contributed by atoms with Crippen LogP contribution in [0.2, 0.25) is 5.02 Å². The molecule has 0 saturated carbocycles. The summed E-state index contributed by atoms with van der Waals surface area (Å²) in [4.78, 5) is 12.3. The lowest BCUT2D eigenvalue weighted by atomic mass is 10.1. The van der Waals surface area contributed by atoms with Crippen molar-refractivity contribution in [3.63, 3.8) is 0 Å². The van der Waals surface area contributed by atoms with Crippen LogP contribution in [0.4, 0.5) is 0 Å². The third-order valence-electron chi connectivity index (χ3n) is 2.87. The van der Waals surface area contributed by atoms with Crippen molar-refractivity contribution in [3.8, 4) is 0 Å². The van der Waals surface area contributed by atoms with Crippen molar-refractivity contribution in [1.82, 2.24) is 5.32 Å². The summed E-state index contributed by atoms with van der Waals surface area (Å²) >= 11 is 11.6. The number of amides is 1. The molecule has 1 atom stereocenters. The van der Waals surface area contributed by atoms with Gasteiger partial charge in [0, 0.05) is 13.1 Å². The number of halogens is 3. The number of benzene rings is 2. The normalized spacial score (nSPS) is 12.0. The van der Waals surface area contributed by atoms with E-state index in [1.807, 2.05) is 49.4 Å². The number of carbonyl (C=O) groups excluding carboxylic acids is 1. The summed E-state index contributed by atoms with van der Waals surface area (Å²) < 4.78 is 1.81. The van der Waals surface area contributed by atoms with E-state index in [4.69, 9.17) is 11.6 Å². The van der Waals surface area contributed by atoms with Crippen LogP contribution in [0.15, 0.2) is 46.9 Å². The molecule has 2 nitrogen and oxygen atoms in total. The van der Waals surface area contributed by atoms with Crippen LogP contribution in [0.5, 0.6) is 0 Å². The van der Waals surface area contributed by atoms with Gasteiger partial charge in [-0.25, -0.2) is 0 Å². The highest BCUT2D eigenvalue weighted by Gasteiger charge is 2.14. The highest BCUT2D eigenvalue weighted by molar-refractivity contribution is 14.1. The summed E-state index contributed by atoms with van der Waals surface area (Å²) in [5, 5.41) is 3.64. The summed E-state index contributed by atoms with van der Waals surface area (Å²) in [7, 11) is 0. The summed E-state index contributed by atoms with van der Waals surface area (Å²) in [5.74, 6) is -0.108. The van der Waals surface area contributed by atoms with Crippen LogP contribution in [0, 0.1) is 3.57 Å². The highest BCUT2D eigenvalue weighted by Crippen LogP contribution is 2.22. The lowest BCUT2D eigenvalue weighted by Gasteiger charge is -2.15. The van der Waals surface area contributed by atoms with Crippen molar-refractivity contribution in [2.75, 3.05) is 0 Å². The third-order valence-corrected chi connectivity index (χ3v) is 4.47. The molecule has 0 aliphatic heterocycles. The van der Waals surface area contributed by atoms with Crippen LogP contribution in [0.1, 0.15) is 28.9 Å². The monoisotopic (exact) mass is 463 g/mol. The van der Waals surface area contributed by atoms with E-state index in [-0.39, 0.29) is 11.9 Å². The molecule has 1 N–H and O–H groups in total. The van der Waals surface area contributed by atoms with Crippen molar-refractivity contribution in [2.24, 2.45) is 0 Å². The minimum atomic E-state index is -0.108. The van der Waals surface area contributed by atoms with E-state index >= 15 is 0 Å². The molecule has 20 heavy (non-hydrogen) atoms. The van der Waals surface area contributed by atoms with Gasteiger partial charge in [0.1, 0.15) is 0 Å². The third kappa shape index (κ3) is 3.96. The van der Waals surface area contributed by atoms with Crippen LogP contribution in [0.25, 0.3) is 0 Å². The maximum atomic E-state index is 12.3. The van der Waals surface area contributed by atoms with Crippen molar-refractivity contribution in [2.45, 2.75) is 13.0 Å². The first-order chi connectivity index (χ1) is 9.47. The Morgan fingerprint density at radius 2 is 2.05 bits per heavy atom. The Labute approximate surface area is 145 Å². The van der Waals surface area contributed by atoms with Gasteiger partial charge >= 0.3 is 0 Å². The van der Waals surface area contributed by atoms with E-state index in [0.717, 1.165) is 13.6 Å². The molecule has 1 unspecified atom stereocenters. The fourth-order valence-electron chi connectivity index (χ4n) is 1.81. The largest absolute Gasteiger partial charge is 0.345 e. The molecule has 0 bridgehead atoms. The first kappa shape index (κ1) is 15.8. The Morgan fingerprint density at radius 1 is 1.30 bits per heavy atom. The van der Waals surface area contributed by atoms with E-state index in [1.54, 1.807) is 0 Å². The molecular weight excluding hydrogens is 452 g/mol. The molecule has 5 heteroatoms. The van der Waals surface area contributed by atoms with Crippen LogP contribution >= 0.6 is 50.1 Å². The number of hydrogen-bond donors (Lipinski definition) is 1. The van der Waals surface area contributed by atoms with Crippen LogP contribution in [-0.2, 0) is 0 Å². The van der Waals surface area contributed by atoms with Crippen LogP contribution in [-0.4, -0.2) is 5.91 Å². The quantitative estimate of drug-likeness (QED) is 0.622. The van der Waals surface area contributed by atoms with Gasteiger partial charge in [-0.3, -0.25) is 4.79 Å². The van der Waals surface area contributed by atoms with E-state index in [0.29, 0.717) is 10.6 Å². The van der Waals surface area contributed by atoms with Gasteiger partial charge in [0.15, 0.2) is 0 Å². The Balaban J connectivity index is 2.17. The zero-order valence-electron chi connectivity index (χ0n) is 10.7. The fourth-order valence-corrected chi connectivity index (χ4v) is 2.92. The average molecular weight is 465 g/mol. The Hall–Kier alpha value is -0.590. The molecule has 2 aromatic rings. The number of nitrogens with one attached hydrogen (secondary N) is 1. The van der Waals surface area contributed by atoms with E-state index in [2.05, 4.69) is 43.8 Å². The molecule has 0 aliphatic carbocycles. The van der Waals surface area contributed by atoms with Crippen molar-refractivity contribution in [1.29, 1.82) is 0 Å². The van der Waals surface area contributed by atoms with Gasteiger partial charge in [-0.2, -0.15) is 0 Å². The van der Waals surface area contributed by atoms with Gasteiger partial charge in [0.2, 0.25) is 0 Å². The average Bonchev–Trinajstić information content (AvgIpc) is 2.41. The summed E-state index contributed by atoms with van der Waals surface area (Å²) in [6.07, 6.45) is 0. The summed E-state index contributed by atoms with van der Waals surface area (Å²) in [5.41, 5.74) is 1.61. The molecule has 0 radical (unpaired) electrons. The standard InChI is InChI=1S/C15H12BrClINO/c1-9(10-3-2-4-11(17)7-10)19-15(20)13-8-12(18)5-6-14(13)16/h2-9H,1H3,(H,19,20). The molecule has 104 valence electrons. The zero-order valence-corrected chi connectivity index (χ0v) is 15.2. The predicted octanol–water partition coefficient (Wildman–Crippen LogP) is 5.20. The van der Waals surface area contributed by atoms with Crippen molar-refractivity contribution >= 4 is 56.0 Å². The molecule has 0 spiro atoms.